The van der Waals surface area contributed by atoms with Gasteiger partial charge in [0.15, 0.2) is 0 Å². The molecule has 0 aliphatic rings. The monoisotopic (exact) mass is 377 g/mol. The molecule has 2 aromatic carbocycles. The Morgan fingerprint density at radius 2 is 1.92 bits per heavy atom. The van der Waals surface area contributed by atoms with Gasteiger partial charge in [-0.2, -0.15) is 0 Å². The van der Waals surface area contributed by atoms with Gasteiger partial charge in [0.2, 0.25) is 0 Å². The number of hydrogen-bond acceptors (Lipinski definition) is 3. The quantitative estimate of drug-likeness (QED) is 0.702. The second kappa shape index (κ2) is 7.21. The Kier molecular flexibility index (Phi) is 5.01. The summed E-state index contributed by atoms with van der Waals surface area (Å²) >= 11 is 7.28. The van der Waals surface area contributed by atoms with Crippen LogP contribution in [-0.2, 0) is 11.2 Å². The summed E-state index contributed by atoms with van der Waals surface area (Å²) in [6.07, 6.45) is 0.152. The maximum Gasteiger partial charge on any atom is 0.326 e. The van der Waals surface area contributed by atoms with E-state index in [2.05, 4.69) is 5.32 Å². The van der Waals surface area contributed by atoms with Crippen molar-refractivity contribution in [1.82, 2.24) is 5.32 Å². The number of benzene rings is 2. The van der Waals surface area contributed by atoms with Gasteiger partial charge in [0.25, 0.3) is 5.91 Å². The Hall–Kier alpha value is -2.44. The molecule has 0 unspecified atom stereocenters. The Bertz CT molecular complexity index is 942. The molecule has 7 heteroatoms. The number of hydrogen-bond donors (Lipinski definition) is 2. The molecule has 4 nitrogen and oxygen atoms in total. The number of carboxylic acid groups (broad SMARTS) is 1. The molecule has 0 aliphatic carbocycles. The Balaban J connectivity index is 1.84. The maximum absolute atomic E-state index is 13.4. The number of aliphatic carboxylic acids is 1. The van der Waals surface area contributed by atoms with Crippen LogP contribution in [-0.4, -0.2) is 23.0 Å². The van der Waals surface area contributed by atoms with Crippen LogP contribution >= 0.6 is 22.9 Å². The number of thiophene rings is 1. The molecular formula is C18H13ClFNO3S. The molecule has 0 saturated carbocycles. The molecule has 1 aromatic heterocycles. The molecule has 0 spiro atoms. The first kappa shape index (κ1) is 17.4. The summed E-state index contributed by atoms with van der Waals surface area (Å²) in [5.74, 6) is -2.18. The van der Waals surface area contributed by atoms with Gasteiger partial charge in [-0.1, -0.05) is 41.9 Å². The highest BCUT2D eigenvalue weighted by Crippen LogP contribution is 2.35. The van der Waals surface area contributed by atoms with E-state index in [-0.39, 0.29) is 16.3 Å². The number of fused-ring (bicyclic) bond motifs is 1. The van der Waals surface area contributed by atoms with Gasteiger partial charge in [0, 0.05) is 16.5 Å². The molecule has 0 bridgehead atoms. The average molecular weight is 378 g/mol. The fourth-order valence-corrected chi connectivity index (χ4v) is 3.85. The molecule has 2 N–H and O–H groups in total. The summed E-state index contributed by atoms with van der Waals surface area (Å²) in [6, 6.07) is 12.0. The van der Waals surface area contributed by atoms with Gasteiger partial charge in [-0.15, -0.1) is 11.3 Å². The molecule has 0 saturated heterocycles. The lowest BCUT2D eigenvalue weighted by molar-refractivity contribution is -0.139. The van der Waals surface area contributed by atoms with Crippen molar-refractivity contribution in [3.05, 3.63) is 69.8 Å². The molecule has 1 heterocycles. The second-order valence-corrected chi connectivity index (χ2v) is 6.87. The van der Waals surface area contributed by atoms with Crippen LogP contribution in [0.2, 0.25) is 5.02 Å². The van der Waals surface area contributed by atoms with Crippen molar-refractivity contribution in [3.63, 3.8) is 0 Å². The van der Waals surface area contributed by atoms with Crippen molar-refractivity contribution in [3.8, 4) is 0 Å². The first-order chi connectivity index (χ1) is 12.0. The van der Waals surface area contributed by atoms with Crippen LogP contribution in [0.25, 0.3) is 10.1 Å². The van der Waals surface area contributed by atoms with E-state index in [9.17, 15) is 19.1 Å². The topological polar surface area (TPSA) is 66.4 Å². The third kappa shape index (κ3) is 3.81. The van der Waals surface area contributed by atoms with Crippen LogP contribution in [0.4, 0.5) is 4.39 Å². The predicted molar refractivity (Wildman–Crippen MR) is 95.8 cm³/mol. The number of carbonyl (C=O) groups excluding carboxylic acids is 1. The lowest BCUT2D eigenvalue weighted by atomic mass is 10.1. The minimum Gasteiger partial charge on any atom is -0.480 e. The average Bonchev–Trinajstić information content (AvgIpc) is 2.91. The lowest BCUT2D eigenvalue weighted by Gasteiger charge is -2.14. The van der Waals surface area contributed by atoms with Crippen LogP contribution in [0.15, 0.2) is 48.5 Å². The van der Waals surface area contributed by atoms with Crippen molar-refractivity contribution >= 4 is 44.9 Å². The highest BCUT2D eigenvalue weighted by molar-refractivity contribution is 7.21. The first-order valence-electron chi connectivity index (χ1n) is 7.41. The molecule has 3 aromatic rings. The summed E-state index contributed by atoms with van der Waals surface area (Å²) in [5.41, 5.74) is 0.791. The Morgan fingerprint density at radius 1 is 1.20 bits per heavy atom. The van der Waals surface area contributed by atoms with Crippen LogP contribution in [0.5, 0.6) is 0 Å². The predicted octanol–water partition coefficient (Wildman–Crippen LogP) is 4.12. The van der Waals surface area contributed by atoms with Gasteiger partial charge in [0.05, 0.1) is 5.02 Å². The highest BCUT2D eigenvalue weighted by atomic mass is 35.5. The molecule has 25 heavy (non-hydrogen) atoms. The number of amides is 1. The van der Waals surface area contributed by atoms with Gasteiger partial charge < -0.3 is 10.4 Å². The van der Waals surface area contributed by atoms with Crippen molar-refractivity contribution in [2.24, 2.45) is 0 Å². The van der Waals surface area contributed by atoms with E-state index in [1.165, 1.54) is 18.2 Å². The second-order valence-electron chi connectivity index (χ2n) is 5.44. The molecule has 1 amide bonds. The van der Waals surface area contributed by atoms with Crippen molar-refractivity contribution < 1.29 is 19.1 Å². The van der Waals surface area contributed by atoms with E-state index in [1.807, 2.05) is 6.07 Å². The van der Waals surface area contributed by atoms with Gasteiger partial charge in [-0.05, 0) is 23.8 Å². The minimum absolute atomic E-state index is 0.126. The zero-order valence-electron chi connectivity index (χ0n) is 12.8. The summed E-state index contributed by atoms with van der Waals surface area (Å²) < 4.78 is 14.0. The van der Waals surface area contributed by atoms with Crippen LogP contribution in [0, 0.1) is 5.82 Å². The molecule has 0 aliphatic heterocycles. The van der Waals surface area contributed by atoms with E-state index in [4.69, 9.17) is 11.6 Å². The van der Waals surface area contributed by atoms with E-state index >= 15 is 0 Å². The molecule has 0 fully saturated rings. The summed E-state index contributed by atoms with van der Waals surface area (Å²) in [5, 5.41) is 12.4. The van der Waals surface area contributed by atoms with Crippen molar-refractivity contribution in [1.29, 1.82) is 0 Å². The SMILES string of the molecule is O=C(N[C@H](Cc1ccccc1)C(=O)O)c1sc2ccc(F)cc2c1Cl. The largest absolute Gasteiger partial charge is 0.480 e. The van der Waals surface area contributed by atoms with Crippen LogP contribution < -0.4 is 5.32 Å². The standard InChI is InChI=1S/C18H13ClFNO3S/c19-15-12-9-11(20)6-7-14(12)25-16(15)17(22)21-13(18(23)24)8-10-4-2-1-3-5-10/h1-7,9,13H,8H2,(H,21,22)(H,23,24)/t13-/m1/s1. The third-order valence-corrected chi connectivity index (χ3v) is 5.36. The zero-order chi connectivity index (χ0) is 18.0. The molecular weight excluding hydrogens is 365 g/mol. The summed E-state index contributed by atoms with van der Waals surface area (Å²) in [6.45, 7) is 0. The normalized spacial score (nSPS) is 12.1. The van der Waals surface area contributed by atoms with E-state index < -0.39 is 23.7 Å². The number of carbonyl (C=O) groups is 2. The van der Waals surface area contributed by atoms with Crippen molar-refractivity contribution in [2.75, 3.05) is 0 Å². The highest BCUT2D eigenvalue weighted by Gasteiger charge is 2.24. The molecule has 128 valence electrons. The number of nitrogens with one attached hydrogen (secondary N) is 1. The van der Waals surface area contributed by atoms with E-state index in [0.717, 1.165) is 16.9 Å². The Morgan fingerprint density at radius 3 is 2.60 bits per heavy atom. The maximum atomic E-state index is 13.4. The lowest BCUT2D eigenvalue weighted by Crippen LogP contribution is -2.42. The van der Waals surface area contributed by atoms with Gasteiger partial charge in [0.1, 0.15) is 16.7 Å². The van der Waals surface area contributed by atoms with Gasteiger partial charge in [-0.3, -0.25) is 4.79 Å². The molecule has 1 atom stereocenters. The van der Waals surface area contributed by atoms with Crippen LogP contribution in [0.1, 0.15) is 15.2 Å². The van der Waals surface area contributed by atoms with E-state index in [1.54, 1.807) is 24.3 Å². The fourth-order valence-electron chi connectivity index (χ4n) is 2.46. The minimum atomic E-state index is -1.14. The number of rotatable bonds is 5. The van der Waals surface area contributed by atoms with Crippen molar-refractivity contribution in [2.45, 2.75) is 12.5 Å². The number of halogens is 2. The van der Waals surface area contributed by atoms with Gasteiger partial charge >= 0.3 is 5.97 Å². The van der Waals surface area contributed by atoms with Crippen LogP contribution in [0.3, 0.4) is 0 Å². The van der Waals surface area contributed by atoms with Gasteiger partial charge in [-0.25, -0.2) is 9.18 Å². The third-order valence-electron chi connectivity index (χ3n) is 3.68. The summed E-state index contributed by atoms with van der Waals surface area (Å²) in [4.78, 5) is 24.1. The number of carboxylic acids is 1. The van der Waals surface area contributed by atoms with E-state index in [0.29, 0.717) is 10.1 Å². The fraction of sp³-hybridized carbons (Fsp3) is 0.111. The smallest absolute Gasteiger partial charge is 0.326 e. The molecule has 3 rings (SSSR count). The zero-order valence-corrected chi connectivity index (χ0v) is 14.4. The molecule has 0 radical (unpaired) electrons. The summed E-state index contributed by atoms with van der Waals surface area (Å²) in [7, 11) is 0. The Labute approximate surface area is 151 Å². The first-order valence-corrected chi connectivity index (χ1v) is 8.60.